The molecule has 0 amide bonds. The minimum atomic E-state index is 0.0394. The molecule has 3 unspecified atom stereocenters. The molecule has 96 valence electrons. The summed E-state index contributed by atoms with van der Waals surface area (Å²) in [6.45, 7) is 4.75. The van der Waals surface area contributed by atoms with Crippen LogP contribution in [0.1, 0.15) is 37.7 Å². The van der Waals surface area contributed by atoms with Gasteiger partial charge in [0.15, 0.2) is 0 Å². The van der Waals surface area contributed by atoms with Gasteiger partial charge < -0.3 is 15.2 Å². The van der Waals surface area contributed by atoms with Gasteiger partial charge >= 0.3 is 0 Å². The molecule has 1 fully saturated rings. The van der Waals surface area contributed by atoms with E-state index in [4.69, 9.17) is 15.2 Å². The van der Waals surface area contributed by atoms with E-state index in [2.05, 4.69) is 25.3 Å². The minimum Gasteiger partial charge on any atom is -0.375 e. The van der Waals surface area contributed by atoms with E-state index in [1.54, 1.807) is 11.3 Å². The molecule has 0 saturated carbocycles. The van der Waals surface area contributed by atoms with Crippen LogP contribution in [0.25, 0.3) is 0 Å². The first-order valence-corrected chi connectivity index (χ1v) is 7.11. The Kier molecular flexibility index (Phi) is 4.56. The first kappa shape index (κ1) is 13.0. The number of ether oxygens (including phenoxy) is 2. The number of rotatable bonds is 4. The van der Waals surface area contributed by atoms with Gasteiger partial charge in [-0.25, -0.2) is 0 Å². The summed E-state index contributed by atoms with van der Waals surface area (Å²) < 4.78 is 11.8. The summed E-state index contributed by atoms with van der Waals surface area (Å²) in [5.41, 5.74) is 5.80. The summed E-state index contributed by atoms with van der Waals surface area (Å²) in [4.78, 5) is 1.22. The van der Waals surface area contributed by atoms with Gasteiger partial charge in [0.2, 0.25) is 0 Å². The largest absolute Gasteiger partial charge is 0.375 e. The summed E-state index contributed by atoms with van der Waals surface area (Å²) in [5.74, 6) is 0. The fraction of sp³-hybridized carbons (Fsp3) is 0.692. The Morgan fingerprint density at radius 1 is 1.47 bits per heavy atom. The first-order chi connectivity index (χ1) is 8.19. The van der Waals surface area contributed by atoms with Crippen molar-refractivity contribution in [2.75, 3.05) is 6.54 Å². The summed E-state index contributed by atoms with van der Waals surface area (Å²) in [7, 11) is 0. The van der Waals surface area contributed by atoms with Gasteiger partial charge in [-0.1, -0.05) is 6.07 Å². The summed E-state index contributed by atoms with van der Waals surface area (Å²) in [6, 6.07) is 4.13. The van der Waals surface area contributed by atoms with Crippen molar-refractivity contribution < 1.29 is 9.47 Å². The van der Waals surface area contributed by atoms with Crippen LogP contribution in [0.5, 0.6) is 0 Å². The predicted molar refractivity (Wildman–Crippen MR) is 70.2 cm³/mol. The van der Waals surface area contributed by atoms with E-state index >= 15 is 0 Å². The minimum absolute atomic E-state index is 0.0394. The number of thiophene rings is 1. The maximum Gasteiger partial charge on any atom is 0.104 e. The van der Waals surface area contributed by atoms with Gasteiger partial charge in [-0.05, 0) is 38.1 Å². The van der Waals surface area contributed by atoms with E-state index in [0.29, 0.717) is 6.54 Å². The van der Waals surface area contributed by atoms with Gasteiger partial charge in [0.25, 0.3) is 0 Å². The first-order valence-electron chi connectivity index (χ1n) is 6.23. The van der Waals surface area contributed by atoms with Crippen LogP contribution in [0.4, 0.5) is 0 Å². The molecule has 3 nitrogen and oxygen atoms in total. The van der Waals surface area contributed by atoms with Gasteiger partial charge in [0.1, 0.15) is 6.10 Å². The summed E-state index contributed by atoms with van der Waals surface area (Å²) >= 11 is 1.71. The van der Waals surface area contributed by atoms with Crippen molar-refractivity contribution in [1.82, 2.24) is 0 Å². The molecule has 1 aromatic rings. The Bertz CT molecular complexity index is 318. The van der Waals surface area contributed by atoms with Crippen LogP contribution in [-0.4, -0.2) is 24.9 Å². The van der Waals surface area contributed by atoms with E-state index < -0.39 is 0 Å². The van der Waals surface area contributed by atoms with Gasteiger partial charge in [-0.3, -0.25) is 0 Å². The van der Waals surface area contributed by atoms with E-state index in [0.717, 1.165) is 12.8 Å². The van der Waals surface area contributed by atoms with Crippen LogP contribution in [0.15, 0.2) is 17.5 Å². The van der Waals surface area contributed by atoms with Crippen LogP contribution in [0.3, 0.4) is 0 Å². The lowest BCUT2D eigenvalue weighted by Gasteiger charge is -2.33. The molecule has 0 aliphatic carbocycles. The van der Waals surface area contributed by atoms with Gasteiger partial charge in [0.05, 0.1) is 18.3 Å². The van der Waals surface area contributed by atoms with Crippen LogP contribution in [0.2, 0.25) is 0 Å². The lowest BCUT2D eigenvalue weighted by Crippen LogP contribution is -2.35. The normalized spacial score (nSPS) is 31.4. The molecule has 17 heavy (non-hydrogen) atoms. The second kappa shape index (κ2) is 5.96. The Labute approximate surface area is 107 Å². The van der Waals surface area contributed by atoms with Crippen molar-refractivity contribution in [3.05, 3.63) is 22.4 Å². The maximum atomic E-state index is 6.13. The van der Waals surface area contributed by atoms with Gasteiger partial charge in [-0.15, -0.1) is 11.3 Å². The molecule has 1 aromatic heterocycles. The highest BCUT2D eigenvalue weighted by Crippen LogP contribution is 2.28. The third-order valence-electron chi connectivity index (χ3n) is 3.09. The molecule has 4 heteroatoms. The maximum absolute atomic E-state index is 6.13. The third kappa shape index (κ3) is 3.52. The predicted octanol–water partition coefficient (Wildman–Crippen LogP) is 2.72. The van der Waals surface area contributed by atoms with Crippen molar-refractivity contribution in [2.45, 2.75) is 51.1 Å². The zero-order chi connectivity index (χ0) is 12.3. The van der Waals surface area contributed by atoms with Crippen LogP contribution < -0.4 is 5.73 Å². The van der Waals surface area contributed by atoms with Crippen LogP contribution in [0, 0.1) is 0 Å². The standard InChI is InChI=1S/C13H21NO2S/c1-9-6-11(7-10(2)15-9)16-12(8-14)13-4-3-5-17-13/h3-5,9-12H,6-8,14H2,1-2H3. The lowest BCUT2D eigenvalue weighted by atomic mass is 10.0. The van der Waals surface area contributed by atoms with Gasteiger partial charge in [-0.2, -0.15) is 0 Å². The number of hydrogen-bond acceptors (Lipinski definition) is 4. The Morgan fingerprint density at radius 2 is 2.18 bits per heavy atom. The van der Waals surface area contributed by atoms with Crippen LogP contribution >= 0.6 is 11.3 Å². The van der Waals surface area contributed by atoms with Crippen molar-refractivity contribution >= 4 is 11.3 Å². The fourth-order valence-electron chi connectivity index (χ4n) is 2.40. The lowest BCUT2D eigenvalue weighted by molar-refractivity contribution is -0.120. The molecular formula is C13H21NO2S. The average Bonchev–Trinajstić information content (AvgIpc) is 2.77. The van der Waals surface area contributed by atoms with Crippen molar-refractivity contribution in [3.8, 4) is 0 Å². The van der Waals surface area contributed by atoms with Crippen molar-refractivity contribution in [2.24, 2.45) is 5.73 Å². The smallest absolute Gasteiger partial charge is 0.104 e. The molecule has 0 bridgehead atoms. The zero-order valence-corrected chi connectivity index (χ0v) is 11.3. The monoisotopic (exact) mass is 255 g/mol. The molecule has 1 aliphatic rings. The molecule has 0 radical (unpaired) electrons. The van der Waals surface area contributed by atoms with Crippen molar-refractivity contribution in [1.29, 1.82) is 0 Å². The Morgan fingerprint density at radius 3 is 2.71 bits per heavy atom. The number of nitrogens with two attached hydrogens (primary N) is 1. The molecule has 0 aromatic carbocycles. The molecule has 1 saturated heterocycles. The molecule has 3 atom stereocenters. The van der Waals surface area contributed by atoms with E-state index in [9.17, 15) is 0 Å². The molecule has 1 aliphatic heterocycles. The molecular weight excluding hydrogens is 234 g/mol. The molecule has 2 N–H and O–H groups in total. The topological polar surface area (TPSA) is 44.5 Å². The number of hydrogen-bond donors (Lipinski definition) is 1. The second-order valence-electron chi connectivity index (χ2n) is 4.73. The quantitative estimate of drug-likeness (QED) is 0.899. The molecule has 0 spiro atoms. The van der Waals surface area contributed by atoms with E-state index in [1.165, 1.54) is 4.88 Å². The second-order valence-corrected chi connectivity index (χ2v) is 5.71. The van der Waals surface area contributed by atoms with Crippen molar-refractivity contribution in [3.63, 3.8) is 0 Å². The zero-order valence-electron chi connectivity index (χ0n) is 10.5. The highest BCUT2D eigenvalue weighted by molar-refractivity contribution is 7.10. The summed E-state index contributed by atoms with van der Waals surface area (Å²) in [6.07, 6.45) is 2.80. The molecule has 2 heterocycles. The Balaban J connectivity index is 1.94. The SMILES string of the molecule is CC1CC(OC(CN)c2cccs2)CC(C)O1. The van der Waals surface area contributed by atoms with Gasteiger partial charge in [0, 0.05) is 11.4 Å². The van der Waals surface area contributed by atoms with Crippen LogP contribution in [-0.2, 0) is 9.47 Å². The highest BCUT2D eigenvalue weighted by atomic mass is 32.1. The Hall–Kier alpha value is -0.420. The average molecular weight is 255 g/mol. The molecule has 2 rings (SSSR count). The summed E-state index contributed by atoms with van der Waals surface area (Å²) in [5, 5.41) is 2.07. The van der Waals surface area contributed by atoms with E-state index in [-0.39, 0.29) is 24.4 Å². The van der Waals surface area contributed by atoms with E-state index in [1.807, 2.05) is 6.07 Å². The third-order valence-corrected chi connectivity index (χ3v) is 4.05. The highest BCUT2D eigenvalue weighted by Gasteiger charge is 2.27. The fourth-order valence-corrected chi connectivity index (χ4v) is 3.18.